The molecule has 0 unspecified atom stereocenters. The van der Waals surface area contributed by atoms with E-state index >= 15 is 0 Å². The predicted octanol–water partition coefficient (Wildman–Crippen LogP) is 5.70. The minimum Gasteiger partial charge on any atom is -0.444 e. The third kappa shape index (κ3) is 3.88. The average Bonchev–Trinajstić information content (AvgIpc) is 2.90. The number of alkyl carbamates (subject to hydrolysis) is 1. The second-order valence-electron chi connectivity index (χ2n) is 8.48. The Bertz CT molecular complexity index is 1120. The Morgan fingerprint density at radius 2 is 1.77 bits per heavy atom. The van der Waals surface area contributed by atoms with Crippen molar-refractivity contribution in [3.05, 3.63) is 77.5 Å². The number of para-hydroxylation sites is 1. The SMILES string of the molecule is CC(C)(C)OC(=O)N[C@@H](c1ccccc1)c1c2n(c3ccccc13)C(=O)CCC=C2. The summed E-state index contributed by atoms with van der Waals surface area (Å²) in [6.45, 7) is 5.52. The first kappa shape index (κ1) is 20.0. The fourth-order valence-corrected chi connectivity index (χ4v) is 3.93. The summed E-state index contributed by atoms with van der Waals surface area (Å²) < 4.78 is 7.33. The number of aromatic nitrogens is 1. The van der Waals surface area contributed by atoms with E-state index in [1.54, 1.807) is 4.57 Å². The maximum atomic E-state index is 12.9. The van der Waals surface area contributed by atoms with E-state index in [1.807, 2.05) is 87.5 Å². The van der Waals surface area contributed by atoms with E-state index in [2.05, 4.69) is 5.32 Å². The number of hydrogen-bond acceptors (Lipinski definition) is 3. The number of nitrogens with zero attached hydrogens (tertiary/aromatic N) is 1. The van der Waals surface area contributed by atoms with Crippen molar-refractivity contribution in [3.8, 4) is 0 Å². The molecule has 5 nitrogen and oxygen atoms in total. The molecule has 1 aliphatic heterocycles. The van der Waals surface area contributed by atoms with Crippen LogP contribution in [0, 0.1) is 0 Å². The van der Waals surface area contributed by atoms with Gasteiger partial charge in [0.2, 0.25) is 5.91 Å². The second-order valence-corrected chi connectivity index (χ2v) is 8.48. The van der Waals surface area contributed by atoms with Crippen LogP contribution in [0.4, 0.5) is 4.79 Å². The van der Waals surface area contributed by atoms with E-state index < -0.39 is 17.7 Å². The van der Waals surface area contributed by atoms with Gasteiger partial charge < -0.3 is 10.1 Å². The topological polar surface area (TPSA) is 60.3 Å². The van der Waals surface area contributed by atoms with E-state index in [1.165, 1.54) is 0 Å². The lowest BCUT2D eigenvalue weighted by molar-refractivity contribution is 0.0512. The summed E-state index contributed by atoms with van der Waals surface area (Å²) >= 11 is 0. The molecule has 1 aliphatic rings. The summed E-state index contributed by atoms with van der Waals surface area (Å²) in [5.74, 6) is 0.0570. The van der Waals surface area contributed by atoms with Crippen LogP contribution in [-0.2, 0) is 4.74 Å². The molecule has 0 bridgehead atoms. The van der Waals surface area contributed by atoms with Crippen LogP contribution in [0.1, 0.15) is 61.3 Å². The molecule has 1 N–H and O–H groups in total. The van der Waals surface area contributed by atoms with Crippen LogP contribution in [0.15, 0.2) is 60.7 Å². The molecule has 0 saturated carbocycles. The van der Waals surface area contributed by atoms with Gasteiger partial charge in [-0.15, -0.1) is 0 Å². The largest absolute Gasteiger partial charge is 0.444 e. The number of allylic oxidation sites excluding steroid dienone is 1. The number of rotatable bonds is 3. The van der Waals surface area contributed by atoms with Gasteiger partial charge in [0.15, 0.2) is 0 Å². The zero-order valence-electron chi connectivity index (χ0n) is 17.5. The molecule has 0 saturated heterocycles. The minimum absolute atomic E-state index is 0.0570. The lowest BCUT2D eigenvalue weighted by Gasteiger charge is -2.24. The van der Waals surface area contributed by atoms with Gasteiger partial charge in [0.1, 0.15) is 5.60 Å². The molecule has 4 rings (SSSR count). The summed E-state index contributed by atoms with van der Waals surface area (Å²) in [5.41, 5.74) is 2.87. The molecule has 2 aromatic carbocycles. The molecule has 3 aromatic rings. The lowest BCUT2D eigenvalue weighted by Crippen LogP contribution is -2.35. The van der Waals surface area contributed by atoms with Crippen molar-refractivity contribution in [1.82, 2.24) is 9.88 Å². The van der Waals surface area contributed by atoms with Gasteiger partial charge in [-0.05, 0) is 44.9 Å². The van der Waals surface area contributed by atoms with E-state index in [-0.39, 0.29) is 5.91 Å². The van der Waals surface area contributed by atoms with Gasteiger partial charge in [-0.2, -0.15) is 0 Å². The first-order chi connectivity index (χ1) is 14.3. The van der Waals surface area contributed by atoms with Gasteiger partial charge in [0.05, 0.1) is 17.3 Å². The van der Waals surface area contributed by atoms with Gasteiger partial charge >= 0.3 is 6.09 Å². The van der Waals surface area contributed by atoms with Crippen LogP contribution in [-0.4, -0.2) is 22.2 Å². The fraction of sp³-hybridized carbons (Fsp3) is 0.280. The van der Waals surface area contributed by atoms with Crippen molar-refractivity contribution in [1.29, 1.82) is 0 Å². The van der Waals surface area contributed by atoms with Gasteiger partial charge in [-0.3, -0.25) is 9.36 Å². The van der Waals surface area contributed by atoms with Crippen molar-refractivity contribution < 1.29 is 14.3 Å². The zero-order valence-corrected chi connectivity index (χ0v) is 17.5. The third-order valence-corrected chi connectivity index (χ3v) is 5.08. The summed E-state index contributed by atoms with van der Waals surface area (Å²) in [6.07, 6.45) is 4.67. The molecule has 1 atom stereocenters. The van der Waals surface area contributed by atoms with Gasteiger partial charge in [-0.1, -0.05) is 54.6 Å². The third-order valence-electron chi connectivity index (χ3n) is 5.08. The Morgan fingerprint density at radius 1 is 1.07 bits per heavy atom. The molecule has 154 valence electrons. The smallest absolute Gasteiger partial charge is 0.408 e. The Labute approximate surface area is 176 Å². The number of fused-ring (bicyclic) bond motifs is 3. The van der Waals surface area contributed by atoms with Gasteiger partial charge in [0, 0.05) is 17.4 Å². The molecule has 1 amide bonds. The maximum absolute atomic E-state index is 12.9. The number of carbonyl (C=O) groups excluding carboxylic acids is 2. The molecule has 0 radical (unpaired) electrons. The summed E-state index contributed by atoms with van der Waals surface area (Å²) in [4.78, 5) is 25.7. The first-order valence-electron chi connectivity index (χ1n) is 10.2. The van der Waals surface area contributed by atoms with Crippen molar-refractivity contribution in [2.24, 2.45) is 0 Å². The highest BCUT2D eigenvalue weighted by Crippen LogP contribution is 2.36. The van der Waals surface area contributed by atoms with Crippen molar-refractivity contribution >= 4 is 29.0 Å². The highest BCUT2D eigenvalue weighted by atomic mass is 16.6. The lowest BCUT2D eigenvalue weighted by atomic mass is 9.95. The Balaban J connectivity index is 1.92. The molecular formula is C25H26N2O3. The quantitative estimate of drug-likeness (QED) is 0.611. The van der Waals surface area contributed by atoms with E-state index in [9.17, 15) is 9.59 Å². The molecule has 2 heterocycles. The predicted molar refractivity (Wildman–Crippen MR) is 118 cm³/mol. The number of benzene rings is 2. The van der Waals surface area contributed by atoms with E-state index in [0.717, 1.165) is 27.7 Å². The Kier molecular flexibility index (Phi) is 5.20. The fourth-order valence-electron chi connectivity index (χ4n) is 3.93. The van der Waals surface area contributed by atoms with Crippen LogP contribution in [0.2, 0.25) is 0 Å². The van der Waals surface area contributed by atoms with Gasteiger partial charge in [-0.25, -0.2) is 4.79 Å². The van der Waals surface area contributed by atoms with Crippen molar-refractivity contribution in [3.63, 3.8) is 0 Å². The van der Waals surface area contributed by atoms with Crippen LogP contribution in [0.25, 0.3) is 17.0 Å². The van der Waals surface area contributed by atoms with Crippen LogP contribution >= 0.6 is 0 Å². The number of ether oxygens (including phenoxy) is 1. The van der Waals surface area contributed by atoms with E-state index in [4.69, 9.17) is 4.74 Å². The van der Waals surface area contributed by atoms with Crippen LogP contribution < -0.4 is 5.32 Å². The summed E-state index contributed by atoms with van der Waals surface area (Å²) in [5, 5.41) is 3.99. The van der Waals surface area contributed by atoms with Gasteiger partial charge in [0.25, 0.3) is 0 Å². The molecule has 0 aliphatic carbocycles. The van der Waals surface area contributed by atoms with Crippen molar-refractivity contribution in [2.45, 2.75) is 45.3 Å². The van der Waals surface area contributed by atoms with Crippen molar-refractivity contribution in [2.75, 3.05) is 0 Å². The summed E-state index contributed by atoms with van der Waals surface area (Å²) in [7, 11) is 0. The normalized spacial score (nSPS) is 14.8. The van der Waals surface area contributed by atoms with Crippen LogP contribution in [0.3, 0.4) is 0 Å². The van der Waals surface area contributed by atoms with E-state index in [0.29, 0.717) is 12.8 Å². The molecule has 30 heavy (non-hydrogen) atoms. The number of carbonyl (C=O) groups is 2. The average molecular weight is 402 g/mol. The first-order valence-corrected chi connectivity index (χ1v) is 10.2. The Morgan fingerprint density at radius 3 is 2.50 bits per heavy atom. The summed E-state index contributed by atoms with van der Waals surface area (Å²) in [6, 6.07) is 17.2. The number of amides is 1. The standard InChI is InChI=1S/C25H26N2O3/c1-25(2,3)30-24(29)26-23(17-11-5-4-6-12-17)22-18-13-7-8-14-19(18)27-20(22)15-9-10-16-21(27)28/h4-9,11-15,23H,10,16H2,1-3H3,(H,26,29)/t23-/m0/s1. The highest BCUT2D eigenvalue weighted by Gasteiger charge is 2.29. The minimum atomic E-state index is -0.610. The molecule has 0 fully saturated rings. The zero-order chi connectivity index (χ0) is 21.3. The number of nitrogens with one attached hydrogen (secondary N) is 1. The molecule has 0 spiro atoms. The molecule has 1 aromatic heterocycles. The monoisotopic (exact) mass is 402 g/mol. The number of hydrogen-bond donors (Lipinski definition) is 1. The highest BCUT2D eigenvalue weighted by molar-refractivity contribution is 5.99. The maximum Gasteiger partial charge on any atom is 0.408 e. The Hall–Kier alpha value is -3.34. The molecular weight excluding hydrogens is 376 g/mol. The van der Waals surface area contributed by atoms with Crippen LogP contribution in [0.5, 0.6) is 0 Å². The molecule has 5 heteroatoms. The second kappa shape index (κ2) is 7.82.